The van der Waals surface area contributed by atoms with Gasteiger partial charge in [0.05, 0.1) is 18.3 Å². The van der Waals surface area contributed by atoms with Crippen molar-refractivity contribution in [1.29, 1.82) is 0 Å². The molecule has 0 saturated carbocycles. The van der Waals surface area contributed by atoms with E-state index in [1.54, 1.807) is 47.5 Å². The summed E-state index contributed by atoms with van der Waals surface area (Å²) in [4.78, 5) is 47.1. The zero-order valence-electron chi connectivity index (χ0n) is 19.9. The van der Waals surface area contributed by atoms with Crippen molar-refractivity contribution in [2.45, 2.75) is 37.3 Å². The van der Waals surface area contributed by atoms with Crippen molar-refractivity contribution in [3.63, 3.8) is 0 Å². The van der Waals surface area contributed by atoms with Gasteiger partial charge in [-0.1, -0.05) is 24.3 Å². The Morgan fingerprint density at radius 2 is 1.92 bits per heavy atom. The van der Waals surface area contributed by atoms with Crippen LogP contribution in [0.15, 0.2) is 54.7 Å². The Labute approximate surface area is 209 Å². The molecule has 2 aromatic rings. The number of nitrogens with zero attached hydrogens (tertiary/aromatic N) is 3. The number of rotatable bonds is 6. The van der Waals surface area contributed by atoms with E-state index in [9.17, 15) is 18.8 Å². The number of piperidine rings is 1. The normalized spacial score (nSPS) is 25.1. The lowest BCUT2D eigenvalue weighted by Gasteiger charge is -2.40. The first-order valence-electron chi connectivity index (χ1n) is 12.4. The number of halogens is 1. The van der Waals surface area contributed by atoms with Crippen LogP contribution in [0.4, 0.5) is 9.18 Å². The van der Waals surface area contributed by atoms with Crippen LogP contribution in [0.5, 0.6) is 0 Å². The molecule has 3 fully saturated rings. The number of nitrogens with one attached hydrogen (secondary N) is 1. The molecule has 8 nitrogen and oxygen atoms in total. The number of benzene rings is 1. The molecule has 36 heavy (non-hydrogen) atoms. The van der Waals surface area contributed by atoms with E-state index in [2.05, 4.69) is 10.3 Å². The fraction of sp³-hybridized carbons (Fsp3) is 0.407. The summed E-state index contributed by atoms with van der Waals surface area (Å²) in [7, 11) is 0. The second kappa shape index (κ2) is 10.2. The average molecular weight is 493 g/mol. The number of pyridine rings is 1. The monoisotopic (exact) mass is 492 g/mol. The van der Waals surface area contributed by atoms with E-state index in [-0.39, 0.29) is 36.2 Å². The van der Waals surface area contributed by atoms with Crippen molar-refractivity contribution in [1.82, 2.24) is 20.1 Å². The molecule has 2 unspecified atom stereocenters. The molecule has 1 aromatic heterocycles. The number of imide groups is 1. The summed E-state index contributed by atoms with van der Waals surface area (Å²) in [5, 5.41) is 2.98. The predicted octanol–water partition coefficient (Wildman–Crippen LogP) is 3.10. The van der Waals surface area contributed by atoms with Gasteiger partial charge in [-0.15, -0.1) is 0 Å². The summed E-state index contributed by atoms with van der Waals surface area (Å²) in [6, 6.07) is 11.2. The van der Waals surface area contributed by atoms with Crippen molar-refractivity contribution in [2.24, 2.45) is 5.92 Å². The number of urea groups is 1. The van der Waals surface area contributed by atoms with E-state index in [4.69, 9.17) is 4.74 Å². The van der Waals surface area contributed by atoms with Gasteiger partial charge in [-0.25, -0.2) is 9.18 Å². The molecule has 5 rings (SSSR count). The Morgan fingerprint density at radius 3 is 2.61 bits per heavy atom. The van der Waals surface area contributed by atoms with E-state index >= 15 is 0 Å². The van der Waals surface area contributed by atoms with Gasteiger partial charge in [-0.2, -0.15) is 0 Å². The maximum Gasteiger partial charge on any atom is 0.325 e. The lowest BCUT2D eigenvalue weighted by Crippen LogP contribution is -2.54. The van der Waals surface area contributed by atoms with Crippen LogP contribution in [0.2, 0.25) is 0 Å². The molecule has 0 spiro atoms. The highest BCUT2D eigenvalue weighted by atomic mass is 19.1. The third-order valence-electron chi connectivity index (χ3n) is 7.34. The van der Waals surface area contributed by atoms with Gasteiger partial charge < -0.3 is 15.0 Å². The Hall–Kier alpha value is -3.59. The molecule has 2 atom stereocenters. The third-order valence-corrected chi connectivity index (χ3v) is 7.34. The summed E-state index contributed by atoms with van der Waals surface area (Å²) >= 11 is 0. The van der Waals surface area contributed by atoms with Crippen molar-refractivity contribution in [3.05, 3.63) is 71.8 Å². The maximum absolute atomic E-state index is 13.9. The largest absolute Gasteiger partial charge is 0.376 e. The van der Waals surface area contributed by atoms with E-state index < -0.39 is 11.6 Å². The molecule has 4 amide bonds. The minimum absolute atomic E-state index is 0.153. The smallest absolute Gasteiger partial charge is 0.325 e. The van der Waals surface area contributed by atoms with Crippen LogP contribution in [0.3, 0.4) is 0 Å². The number of hydrogen-bond acceptors (Lipinski definition) is 5. The van der Waals surface area contributed by atoms with Gasteiger partial charge in [0.15, 0.2) is 5.54 Å². The van der Waals surface area contributed by atoms with E-state index in [1.807, 2.05) is 0 Å². The average Bonchev–Trinajstić information content (AvgIpc) is 3.51. The number of carbonyl (C=O) groups excluding carboxylic acids is 3. The highest BCUT2D eigenvalue weighted by Crippen LogP contribution is 2.41. The maximum atomic E-state index is 13.9. The van der Waals surface area contributed by atoms with E-state index in [0.29, 0.717) is 43.8 Å². The number of amides is 4. The van der Waals surface area contributed by atoms with Crippen molar-refractivity contribution in [2.75, 3.05) is 26.2 Å². The number of hydrogen-bond donors (Lipinski definition) is 1. The summed E-state index contributed by atoms with van der Waals surface area (Å²) < 4.78 is 19.5. The van der Waals surface area contributed by atoms with Crippen LogP contribution >= 0.6 is 0 Å². The molecule has 4 heterocycles. The number of ether oxygens (including phenoxy) is 1. The summed E-state index contributed by atoms with van der Waals surface area (Å²) in [6.45, 7) is 1.68. The summed E-state index contributed by atoms with van der Waals surface area (Å²) in [6.07, 6.45) is 7.06. The molecule has 3 saturated heterocycles. The second-order valence-electron chi connectivity index (χ2n) is 9.46. The van der Waals surface area contributed by atoms with Gasteiger partial charge in [-0.05, 0) is 50.0 Å². The molecule has 0 bridgehead atoms. The predicted molar refractivity (Wildman–Crippen MR) is 130 cm³/mol. The minimum Gasteiger partial charge on any atom is -0.376 e. The zero-order chi connectivity index (χ0) is 25.1. The molecule has 9 heteroatoms. The topological polar surface area (TPSA) is 91.8 Å². The van der Waals surface area contributed by atoms with Gasteiger partial charge in [0.1, 0.15) is 5.82 Å². The molecule has 3 aliphatic heterocycles. The second-order valence-corrected chi connectivity index (χ2v) is 9.46. The lowest BCUT2D eigenvalue weighted by atomic mass is 9.75. The minimum atomic E-state index is -1.28. The van der Waals surface area contributed by atoms with Crippen LogP contribution in [0.25, 0.3) is 6.08 Å². The number of likely N-dealkylation sites (tertiary alicyclic amines) is 1. The van der Waals surface area contributed by atoms with E-state index in [1.165, 1.54) is 23.1 Å². The molecular formula is C27H29FN4O4. The first-order valence-corrected chi connectivity index (χ1v) is 12.4. The number of carbonyl (C=O) groups is 3. The van der Waals surface area contributed by atoms with Crippen LogP contribution < -0.4 is 5.32 Å². The highest BCUT2D eigenvalue weighted by molar-refractivity contribution is 6.07. The Balaban J connectivity index is 1.33. The Kier molecular flexibility index (Phi) is 6.82. The van der Waals surface area contributed by atoms with Gasteiger partial charge in [-0.3, -0.25) is 19.5 Å². The third kappa shape index (κ3) is 4.51. The van der Waals surface area contributed by atoms with Crippen LogP contribution in [0, 0.1) is 11.7 Å². The van der Waals surface area contributed by atoms with Gasteiger partial charge in [0.2, 0.25) is 5.91 Å². The highest BCUT2D eigenvalue weighted by Gasteiger charge is 2.58. The SMILES string of the molecule is O=C(/C=C/c1ccccc1F)N1CCC(C2(c3ccccn3)NC(=O)N(CC3CCCO3)C2=O)CC1. The summed E-state index contributed by atoms with van der Waals surface area (Å²) in [5.74, 6) is -1.16. The molecule has 1 aromatic carbocycles. The summed E-state index contributed by atoms with van der Waals surface area (Å²) in [5.41, 5.74) is -0.433. The van der Waals surface area contributed by atoms with Gasteiger partial charge >= 0.3 is 6.03 Å². The molecule has 0 radical (unpaired) electrons. The first-order chi connectivity index (χ1) is 17.5. The van der Waals surface area contributed by atoms with Crippen molar-refractivity contribution < 1.29 is 23.5 Å². The van der Waals surface area contributed by atoms with Crippen LogP contribution in [-0.4, -0.2) is 65.0 Å². The molecule has 0 aliphatic carbocycles. The van der Waals surface area contributed by atoms with Crippen LogP contribution in [-0.2, 0) is 19.9 Å². The van der Waals surface area contributed by atoms with Crippen molar-refractivity contribution in [3.8, 4) is 0 Å². The zero-order valence-corrected chi connectivity index (χ0v) is 19.9. The molecule has 3 aliphatic rings. The van der Waals surface area contributed by atoms with Gasteiger partial charge in [0.25, 0.3) is 5.91 Å². The quantitative estimate of drug-likeness (QED) is 0.494. The fourth-order valence-electron chi connectivity index (χ4n) is 5.42. The van der Waals surface area contributed by atoms with E-state index in [0.717, 1.165) is 12.8 Å². The number of aromatic nitrogens is 1. The standard InChI is InChI=1S/C27H29FN4O4/c28-22-8-2-1-6-19(22)10-11-24(33)31-15-12-20(13-16-31)27(23-9-3-4-14-29-23)25(34)32(26(35)30-27)18-21-7-5-17-36-21/h1-4,6,8-11,14,20-21H,5,7,12-13,15-18H2,(H,30,35)/b11-10+. The Bertz CT molecular complexity index is 1160. The first kappa shape index (κ1) is 24.1. The van der Waals surface area contributed by atoms with Crippen LogP contribution in [0.1, 0.15) is 36.9 Å². The lowest BCUT2D eigenvalue weighted by molar-refractivity contribution is -0.136. The molecular weight excluding hydrogens is 463 g/mol. The van der Waals surface area contributed by atoms with Crippen molar-refractivity contribution >= 4 is 23.9 Å². The Morgan fingerprint density at radius 1 is 1.14 bits per heavy atom. The molecule has 1 N–H and O–H groups in total. The fourth-order valence-corrected chi connectivity index (χ4v) is 5.42. The molecule has 188 valence electrons. The van der Waals surface area contributed by atoms with Gasteiger partial charge in [0, 0.05) is 43.5 Å².